The van der Waals surface area contributed by atoms with Crippen molar-refractivity contribution in [1.29, 1.82) is 0 Å². The molecule has 1 fully saturated rings. The highest BCUT2D eigenvalue weighted by atomic mass is 16.7. The Morgan fingerprint density at radius 1 is 1.60 bits per heavy atom. The Morgan fingerprint density at radius 2 is 2.30 bits per heavy atom. The van der Waals surface area contributed by atoms with E-state index < -0.39 is 0 Å². The summed E-state index contributed by atoms with van der Waals surface area (Å²) in [6, 6.07) is -0.0400. The molecule has 0 aliphatic carbocycles. The summed E-state index contributed by atoms with van der Waals surface area (Å²) < 4.78 is 0. The molecule has 4 nitrogen and oxygen atoms in total. The lowest BCUT2D eigenvalue weighted by Gasteiger charge is -2.13. The number of rotatable bonds is 2. The van der Waals surface area contributed by atoms with Gasteiger partial charge in [-0.1, -0.05) is 0 Å². The van der Waals surface area contributed by atoms with Crippen molar-refractivity contribution in [2.45, 2.75) is 6.92 Å². The van der Waals surface area contributed by atoms with Crippen LogP contribution in [0.25, 0.3) is 0 Å². The number of carbonyl (C=O) groups excluding carboxylic acids is 1. The van der Waals surface area contributed by atoms with E-state index in [1.165, 1.54) is 5.06 Å². The predicted molar refractivity (Wildman–Crippen MR) is 36.4 cm³/mol. The van der Waals surface area contributed by atoms with Crippen molar-refractivity contribution in [2.24, 2.45) is 0 Å². The van der Waals surface area contributed by atoms with Crippen molar-refractivity contribution in [3.63, 3.8) is 0 Å². The summed E-state index contributed by atoms with van der Waals surface area (Å²) in [4.78, 5) is 17.7. The number of hydroxylamine groups is 2. The van der Waals surface area contributed by atoms with Crippen LogP contribution in [0.15, 0.2) is 0 Å². The number of likely N-dealkylation sites (N-methyl/N-ethyl adjacent to an activating group) is 1. The second-order valence-electron chi connectivity index (χ2n) is 2.22. The van der Waals surface area contributed by atoms with E-state index in [1.807, 2.05) is 6.92 Å². The standard InChI is InChI=1S/C6H12N2O2/c1-3-10-8-5-4-7(2)6(8)9/h3-5H2,1-2H3. The van der Waals surface area contributed by atoms with E-state index in [0.29, 0.717) is 13.2 Å². The van der Waals surface area contributed by atoms with E-state index in [1.54, 1.807) is 11.9 Å². The highest BCUT2D eigenvalue weighted by molar-refractivity contribution is 5.74. The lowest BCUT2D eigenvalue weighted by Crippen LogP contribution is -2.29. The minimum atomic E-state index is -0.0400. The Labute approximate surface area is 60.3 Å². The minimum absolute atomic E-state index is 0.0400. The van der Waals surface area contributed by atoms with Crippen molar-refractivity contribution in [3.8, 4) is 0 Å². The molecular weight excluding hydrogens is 132 g/mol. The molecule has 0 unspecified atom stereocenters. The molecule has 10 heavy (non-hydrogen) atoms. The van der Waals surface area contributed by atoms with Gasteiger partial charge in [-0.15, -0.1) is 0 Å². The van der Waals surface area contributed by atoms with Crippen LogP contribution in [0.4, 0.5) is 4.79 Å². The third-order valence-corrected chi connectivity index (χ3v) is 1.46. The molecule has 2 amide bonds. The van der Waals surface area contributed by atoms with Gasteiger partial charge in [0.1, 0.15) is 0 Å². The van der Waals surface area contributed by atoms with Gasteiger partial charge in [0.2, 0.25) is 0 Å². The molecule has 0 spiro atoms. The molecule has 0 bridgehead atoms. The van der Waals surface area contributed by atoms with Crippen LogP contribution in [0.1, 0.15) is 6.92 Å². The smallest absolute Gasteiger partial charge is 0.324 e. The van der Waals surface area contributed by atoms with E-state index in [4.69, 9.17) is 4.84 Å². The van der Waals surface area contributed by atoms with E-state index in [-0.39, 0.29) is 6.03 Å². The summed E-state index contributed by atoms with van der Waals surface area (Å²) in [5, 5.41) is 1.39. The molecule has 0 saturated carbocycles. The first kappa shape index (κ1) is 7.34. The van der Waals surface area contributed by atoms with Crippen LogP contribution in [-0.4, -0.2) is 42.7 Å². The van der Waals surface area contributed by atoms with Crippen molar-refractivity contribution in [2.75, 3.05) is 26.7 Å². The van der Waals surface area contributed by atoms with Gasteiger partial charge in [-0.3, -0.25) is 4.84 Å². The van der Waals surface area contributed by atoms with Crippen LogP contribution in [0.5, 0.6) is 0 Å². The van der Waals surface area contributed by atoms with Crippen LogP contribution in [0.2, 0.25) is 0 Å². The summed E-state index contributed by atoms with van der Waals surface area (Å²) in [5.41, 5.74) is 0. The van der Waals surface area contributed by atoms with E-state index >= 15 is 0 Å². The van der Waals surface area contributed by atoms with Gasteiger partial charge in [0.25, 0.3) is 0 Å². The predicted octanol–water partition coefficient (Wildman–Crippen LogP) is 0.305. The Kier molecular flexibility index (Phi) is 2.11. The van der Waals surface area contributed by atoms with Gasteiger partial charge in [-0.25, -0.2) is 9.86 Å². The molecule has 1 saturated heterocycles. The second-order valence-corrected chi connectivity index (χ2v) is 2.22. The largest absolute Gasteiger partial charge is 0.343 e. The zero-order valence-electron chi connectivity index (χ0n) is 6.33. The lowest BCUT2D eigenvalue weighted by molar-refractivity contribution is -0.0990. The quantitative estimate of drug-likeness (QED) is 0.558. The molecule has 1 heterocycles. The molecule has 1 aliphatic heterocycles. The molecule has 0 aromatic carbocycles. The fourth-order valence-electron chi connectivity index (χ4n) is 0.898. The number of hydrogen-bond acceptors (Lipinski definition) is 2. The van der Waals surface area contributed by atoms with Crippen molar-refractivity contribution < 1.29 is 9.63 Å². The summed E-state index contributed by atoms with van der Waals surface area (Å²) in [6.07, 6.45) is 0. The van der Waals surface area contributed by atoms with E-state index in [0.717, 1.165) is 6.54 Å². The Bertz CT molecular complexity index is 136. The first-order valence-corrected chi connectivity index (χ1v) is 3.41. The van der Waals surface area contributed by atoms with E-state index in [9.17, 15) is 4.79 Å². The zero-order valence-corrected chi connectivity index (χ0v) is 6.33. The van der Waals surface area contributed by atoms with Crippen LogP contribution in [-0.2, 0) is 4.84 Å². The summed E-state index contributed by atoms with van der Waals surface area (Å²) in [5.74, 6) is 0. The van der Waals surface area contributed by atoms with Gasteiger partial charge < -0.3 is 4.90 Å². The number of carbonyl (C=O) groups is 1. The molecule has 0 radical (unpaired) electrons. The maximum atomic E-state index is 11.0. The normalized spacial score (nSPS) is 18.8. The fourth-order valence-corrected chi connectivity index (χ4v) is 0.898. The molecule has 1 aliphatic rings. The lowest BCUT2D eigenvalue weighted by atomic mass is 10.7. The average Bonchev–Trinajstić information content (AvgIpc) is 2.20. The highest BCUT2D eigenvalue weighted by Crippen LogP contribution is 2.05. The fraction of sp³-hybridized carbons (Fsp3) is 0.833. The van der Waals surface area contributed by atoms with Crippen molar-refractivity contribution >= 4 is 6.03 Å². The van der Waals surface area contributed by atoms with Gasteiger partial charge >= 0.3 is 6.03 Å². The highest BCUT2D eigenvalue weighted by Gasteiger charge is 2.25. The van der Waals surface area contributed by atoms with Crippen molar-refractivity contribution in [3.05, 3.63) is 0 Å². The van der Waals surface area contributed by atoms with Crippen molar-refractivity contribution in [1.82, 2.24) is 9.96 Å². The number of urea groups is 1. The molecular formula is C6H12N2O2. The summed E-state index contributed by atoms with van der Waals surface area (Å²) in [6.45, 7) is 3.87. The van der Waals surface area contributed by atoms with Gasteiger partial charge in [0.15, 0.2) is 0 Å². The Hall–Kier alpha value is -0.770. The second kappa shape index (κ2) is 2.88. The maximum absolute atomic E-state index is 11.0. The first-order chi connectivity index (χ1) is 4.75. The van der Waals surface area contributed by atoms with Crippen LogP contribution < -0.4 is 0 Å². The number of amides is 2. The molecule has 0 N–H and O–H groups in total. The summed E-state index contributed by atoms with van der Waals surface area (Å²) >= 11 is 0. The van der Waals surface area contributed by atoms with Gasteiger partial charge in [0, 0.05) is 13.6 Å². The molecule has 0 aromatic rings. The molecule has 58 valence electrons. The molecule has 0 atom stereocenters. The topological polar surface area (TPSA) is 32.8 Å². The van der Waals surface area contributed by atoms with Crippen LogP contribution in [0, 0.1) is 0 Å². The molecule has 0 aromatic heterocycles. The number of hydrogen-bond donors (Lipinski definition) is 0. The van der Waals surface area contributed by atoms with Gasteiger partial charge in [0.05, 0.1) is 13.2 Å². The number of nitrogens with zero attached hydrogens (tertiary/aromatic N) is 2. The van der Waals surface area contributed by atoms with E-state index in [2.05, 4.69) is 0 Å². The minimum Gasteiger partial charge on any atom is -0.324 e. The van der Waals surface area contributed by atoms with Gasteiger partial charge in [-0.2, -0.15) is 0 Å². The summed E-state index contributed by atoms with van der Waals surface area (Å²) in [7, 11) is 1.77. The third-order valence-electron chi connectivity index (χ3n) is 1.46. The SMILES string of the molecule is CCON1CCN(C)C1=O. The Morgan fingerprint density at radius 3 is 2.70 bits per heavy atom. The monoisotopic (exact) mass is 144 g/mol. The maximum Gasteiger partial charge on any atom is 0.343 e. The van der Waals surface area contributed by atoms with Crippen LogP contribution >= 0.6 is 0 Å². The Balaban J connectivity index is 2.41. The van der Waals surface area contributed by atoms with Gasteiger partial charge in [-0.05, 0) is 6.92 Å². The third kappa shape index (κ3) is 1.21. The molecule has 1 rings (SSSR count). The van der Waals surface area contributed by atoms with Crippen LogP contribution in [0.3, 0.4) is 0 Å². The first-order valence-electron chi connectivity index (χ1n) is 3.41. The zero-order chi connectivity index (χ0) is 7.56. The molecule has 4 heteroatoms. The average molecular weight is 144 g/mol.